The third kappa shape index (κ3) is 2.80. The van der Waals surface area contributed by atoms with Crippen LogP contribution in [0.2, 0.25) is 0 Å². The highest BCUT2D eigenvalue weighted by atomic mass is 16.6. The van der Waals surface area contributed by atoms with E-state index in [1.165, 1.54) is 10.8 Å². The third-order valence-corrected chi connectivity index (χ3v) is 8.65. The van der Waals surface area contributed by atoms with E-state index in [-0.39, 0.29) is 0 Å². The van der Waals surface area contributed by atoms with Gasteiger partial charge >= 0.3 is 7.12 Å². The van der Waals surface area contributed by atoms with E-state index in [0.29, 0.717) is 0 Å². The summed E-state index contributed by atoms with van der Waals surface area (Å²) >= 11 is 0. The van der Waals surface area contributed by atoms with Crippen LogP contribution in [-0.4, -0.2) is 11.7 Å². The van der Waals surface area contributed by atoms with Gasteiger partial charge in [-0.2, -0.15) is 0 Å². The molecule has 0 spiro atoms. The quantitative estimate of drug-likeness (QED) is 0.202. The Morgan fingerprint density at radius 1 is 0.463 bits per heavy atom. The first-order valence-electron chi connectivity index (χ1n) is 13.9. The van der Waals surface area contributed by atoms with Crippen molar-refractivity contribution in [1.82, 2.24) is 4.57 Å². The van der Waals surface area contributed by atoms with Crippen molar-refractivity contribution in [2.24, 2.45) is 0 Å². The van der Waals surface area contributed by atoms with E-state index in [9.17, 15) is 0 Å². The van der Waals surface area contributed by atoms with Crippen LogP contribution in [0, 0.1) is 0 Å². The van der Waals surface area contributed by atoms with Gasteiger partial charge in [0.25, 0.3) is 0 Å². The van der Waals surface area contributed by atoms with Crippen molar-refractivity contribution in [3.05, 3.63) is 121 Å². The van der Waals surface area contributed by atoms with Crippen molar-refractivity contribution < 1.29 is 13.7 Å². The monoisotopic (exact) mass is 525 g/mol. The van der Waals surface area contributed by atoms with E-state index in [0.717, 1.165) is 77.9 Å². The normalized spacial score (nSPS) is 13.2. The summed E-state index contributed by atoms with van der Waals surface area (Å²) in [4.78, 5) is 0. The Bertz CT molecular complexity index is 2330. The summed E-state index contributed by atoms with van der Waals surface area (Å²) in [6.07, 6.45) is 0. The molecule has 6 aromatic carbocycles. The Kier molecular flexibility index (Phi) is 3.98. The van der Waals surface area contributed by atoms with Crippen LogP contribution in [0.4, 0.5) is 0 Å². The number of hydrogen-bond acceptors (Lipinski definition) is 3. The zero-order chi connectivity index (χ0) is 26.7. The molecule has 190 valence electrons. The molecule has 2 aliphatic heterocycles. The van der Waals surface area contributed by atoms with Gasteiger partial charge in [0, 0.05) is 49.9 Å². The molecule has 0 fully saturated rings. The predicted octanol–water partition coefficient (Wildman–Crippen LogP) is 8.50. The third-order valence-electron chi connectivity index (χ3n) is 8.65. The fraction of sp³-hybridized carbons (Fsp3) is 0. The number of benzene rings is 6. The Labute approximate surface area is 235 Å². The molecule has 0 unspecified atom stereocenters. The fourth-order valence-electron chi connectivity index (χ4n) is 6.89. The first-order valence-corrected chi connectivity index (χ1v) is 13.9. The number of rotatable bonds is 1. The number of furan rings is 1. The van der Waals surface area contributed by atoms with Gasteiger partial charge in [-0.25, -0.2) is 0 Å². The summed E-state index contributed by atoms with van der Waals surface area (Å²) in [5.74, 6) is 1.66. The maximum Gasteiger partial charge on any atom is 0.633 e. The zero-order valence-electron chi connectivity index (χ0n) is 21.8. The maximum absolute atomic E-state index is 6.40. The number of hydrogen-bond donors (Lipinski definition) is 0. The lowest BCUT2D eigenvalue weighted by Crippen LogP contribution is -2.49. The minimum atomic E-state index is -0.493. The molecule has 8 aromatic rings. The van der Waals surface area contributed by atoms with Crippen molar-refractivity contribution >= 4 is 56.3 Å². The first kappa shape index (κ1) is 21.4. The number of para-hydroxylation sites is 4. The first-order chi connectivity index (χ1) is 20.3. The smallest absolute Gasteiger partial charge is 0.521 e. The number of nitrogens with zero attached hydrogens (tertiary/aromatic N) is 1. The van der Waals surface area contributed by atoms with Gasteiger partial charge in [-0.15, -0.1) is 0 Å². The summed E-state index contributed by atoms with van der Waals surface area (Å²) in [5.41, 5.74) is 10.6. The molecule has 0 saturated heterocycles. The molecular formula is C36H20BNO3. The molecule has 0 saturated carbocycles. The highest BCUT2D eigenvalue weighted by Gasteiger charge is 2.41. The molecule has 0 N–H and O–H groups in total. The molecule has 41 heavy (non-hydrogen) atoms. The zero-order valence-corrected chi connectivity index (χ0v) is 21.8. The Balaban J connectivity index is 1.35. The van der Waals surface area contributed by atoms with Crippen molar-refractivity contribution in [3.63, 3.8) is 0 Å². The SMILES string of the molecule is c1ccc2c(c1)OB1Oc3ccccc3-c3cc(-n4c5ccccc5c5cc6c(cc54)oc4ccccc46)cc-2c31. The van der Waals surface area contributed by atoms with Crippen molar-refractivity contribution in [2.45, 2.75) is 0 Å². The van der Waals surface area contributed by atoms with E-state index in [2.05, 4.69) is 89.5 Å². The Morgan fingerprint density at radius 3 is 1.85 bits per heavy atom. The van der Waals surface area contributed by atoms with Crippen LogP contribution in [0.25, 0.3) is 71.7 Å². The molecule has 0 amide bonds. The van der Waals surface area contributed by atoms with E-state index < -0.39 is 7.12 Å². The van der Waals surface area contributed by atoms with Crippen molar-refractivity contribution in [3.8, 4) is 39.4 Å². The number of aromatic nitrogens is 1. The molecule has 4 heterocycles. The standard InChI is InChI=1S/C36H20BNO3/c1-5-13-30-22(9-1)26-19-27-23-10-2-6-14-32(23)39-35(27)20-31(26)38(30)21-17-28-24-11-3-7-15-33(24)40-37-36(28)29(18-21)25-12-4-8-16-34(25)41-37/h1-20H. The molecule has 2 aromatic heterocycles. The Hall–Kier alpha value is -5.42. The molecule has 0 bridgehead atoms. The van der Waals surface area contributed by atoms with Crippen LogP contribution in [0.1, 0.15) is 0 Å². The summed E-state index contributed by atoms with van der Waals surface area (Å²) in [7, 11) is -0.493. The van der Waals surface area contributed by atoms with Crippen LogP contribution in [0.5, 0.6) is 11.5 Å². The van der Waals surface area contributed by atoms with Crippen molar-refractivity contribution in [1.29, 1.82) is 0 Å². The topological polar surface area (TPSA) is 36.5 Å². The summed E-state index contributed by atoms with van der Waals surface area (Å²) in [5, 5.41) is 4.69. The molecule has 0 atom stereocenters. The second-order valence-corrected chi connectivity index (χ2v) is 10.8. The molecule has 5 heteroatoms. The van der Waals surface area contributed by atoms with Gasteiger partial charge in [0.15, 0.2) is 0 Å². The van der Waals surface area contributed by atoms with Gasteiger partial charge in [0.1, 0.15) is 22.7 Å². The summed E-state index contributed by atoms with van der Waals surface area (Å²) in [6, 6.07) is 42.5. The van der Waals surface area contributed by atoms with E-state index in [1.54, 1.807) is 0 Å². The second kappa shape index (κ2) is 7.61. The van der Waals surface area contributed by atoms with E-state index in [4.69, 9.17) is 13.7 Å². The molecular weight excluding hydrogens is 505 g/mol. The largest absolute Gasteiger partial charge is 0.633 e. The van der Waals surface area contributed by atoms with Crippen LogP contribution in [0.3, 0.4) is 0 Å². The number of fused-ring (bicyclic) bond motifs is 10. The minimum absolute atomic E-state index is 0.493. The van der Waals surface area contributed by atoms with Crippen LogP contribution in [0.15, 0.2) is 126 Å². The summed E-state index contributed by atoms with van der Waals surface area (Å²) < 4.78 is 21.5. The lowest BCUT2D eigenvalue weighted by molar-refractivity contribution is 0.436. The van der Waals surface area contributed by atoms with Gasteiger partial charge in [-0.05, 0) is 53.6 Å². The van der Waals surface area contributed by atoms with Gasteiger partial charge in [0.05, 0.1) is 11.0 Å². The van der Waals surface area contributed by atoms with E-state index in [1.807, 2.05) is 36.4 Å². The van der Waals surface area contributed by atoms with Gasteiger partial charge in [0.2, 0.25) is 0 Å². The molecule has 0 aliphatic carbocycles. The van der Waals surface area contributed by atoms with Crippen LogP contribution in [-0.2, 0) is 0 Å². The minimum Gasteiger partial charge on any atom is -0.521 e. The fourth-order valence-corrected chi connectivity index (χ4v) is 6.89. The average Bonchev–Trinajstić information content (AvgIpc) is 3.54. The lowest BCUT2D eigenvalue weighted by Gasteiger charge is -2.32. The van der Waals surface area contributed by atoms with E-state index >= 15 is 0 Å². The predicted molar refractivity (Wildman–Crippen MR) is 166 cm³/mol. The second-order valence-electron chi connectivity index (χ2n) is 10.8. The van der Waals surface area contributed by atoms with Crippen LogP contribution < -0.4 is 14.8 Å². The summed E-state index contributed by atoms with van der Waals surface area (Å²) in [6.45, 7) is 0. The maximum atomic E-state index is 6.40. The Morgan fingerprint density at radius 2 is 1.10 bits per heavy atom. The lowest BCUT2D eigenvalue weighted by atomic mass is 9.66. The van der Waals surface area contributed by atoms with Gasteiger partial charge in [-0.3, -0.25) is 0 Å². The van der Waals surface area contributed by atoms with Crippen LogP contribution >= 0.6 is 0 Å². The average molecular weight is 525 g/mol. The van der Waals surface area contributed by atoms with Gasteiger partial charge in [-0.1, -0.05) is 72.8 Å². The molecule has 0 radical (unpaired) electrons. The van der Waals surface area contributed by atoms with Gasteiger partial charge < -0.3 is 18.3 Å². The highest BCUT2D eigenvalue weighted by Crippen LogP contribution is 2.44. The highest BCUT2D eigenvalue weighted by molar-refractivity contribution is 6.68. The molecule has 4 nitrogen and oxygen atoms in total. The molecule has 2 aliphatic rings. The molecule has 10 rings (SSSR count). The van der Waals surface area contributed by atoms with Crippen molar-refractivity contribution in [2.75, 3.05) is 0 Å².